The molecule has 0 rings (SSSR count). The van der Waals surface area contributed by atoms with E-state index in [0.717, 1.165) is 0 Å². The maximum absolute atomic E-state index is 11.9. The molecule has 0 fully saturated rings. The van der Waals surface area contributed by atoms with E-state index in [4.69, 9.17) is 9.47 Å². The van der Waals surface area contributed by atoms with Gasteiger partial charge in [-0.1, -0.05) is 13.8 Å². The molecule has 0 bridgehead atoms. The van der Waals surface area contributed by atoms with Crippen LogP contribution in [-0.2, 0) is 19.1 Å². The zero-order valence-corrected chi connectivity index (χ0v) is 13.5. The van der Waals surface area contributed by atoms with Gasteiger partial charge in [-0.05, 0) is 19.8 Å². The topological polar surface area (TPSA) is 59.1 Å². The Bertz CT molecular complexity index is 282. The molecule has 0 saturated carbocycles. The van der Waals surface area contributed by atoms with Gasteiger partial charge in [0.2, 0.25) is 11.8 Å². The van der Waals surface area contributed by atoms with Crippen molar-refractivity contribution < 1.29 is 19.1 Å². The van der Waals surface area contributed by atoms with Crippen LogP contribution in [0.3, 0.4) is 0 Å². The number of hydrogen-bond donors (Lipinski definition) is 0. The van der Waals surface area contributed by atoms with Crippen LogP contribution in [-0.4, -0.2) is 54.5 Å². The lowest BCUT2D eigenvalue weighted by molar-refractivity contribution is -0.161. The molecule has 6 heteroatoms. The minimum absolute atomic E-state index is 0.0729. The molecular formula is C14H28N2O4. The molecule has 118 valence electrons. The monoisotopic (exact) mass is 288 g/mol. The van der Waals surface area contributed by atoms with E-state index in [0.29, 0.717) is 13.2 Å². The summed E-state index contributed by atoms with van der Waals surface area (Å²) in [7, 11) is 0. The zero-order chi connectivity index (χ0) is 15.7. The van der Waals surface area contributed by atoms with Crippen molar-refractivity contribution in [1.82, 2.24) is 9.80 Å². The first kappa shape index (κ1) is 18.9. The normalized spacial score (nSPS) is 11.0. The van der Waals surface area contributed by atoms with Crippen LogP contribution in [0, 0.1) is 5.92 Å². The largest absolute Gasteiger partial charge is 0.361 e. The molecule has 0 aromatic rings. The van der Waals surface area contributed by atoms with E-state index in [1.165, 1.54) is 13.8 Å². The van der Waals surface area contributed by atoms with E-state index < -0.39 is 0 Å². The molecule has 0 saturated heterocycles. The molecule has 0 aromatic carbocycles. The van der Waals surface area contributed by atoms with Crippen molar-refractivity contribution in [2.45, 2.75) is 47.7 Å². The summed E-state index contributed by atoms with van der Waals surface area (Å²) in [5, 5.41) is 0. The second kappa shape index (κ2) is 9.72. The molecule has 6 nitrogen and oxygen atoms in total. The Balaban J connectivity index is 5.20. The molecule has 0 atom stereocenters. The summed E-state index contributed by atoms with van der Waals surface area (Å²) >= 11 is 0. The highest BCUT2D eigenvalue weighted by atomic mass is 16.5. The van der Waals surface area contributed by atoms with E-state index in [-0.39, 0.29) is 37.4 Å². The summed E-state index contributed by atoms with van der Waals surface area (Å²) in [6.45, 7) is 12.0. The summed E-state index contributed by atoms with van der Waals surface area (Å²) in [5.74, 6) is -0.177. The van der Waals surface area contributed by atoms with E-state index in [1.807, 2.05) is 27.7 Å². The number of carbonyl (C=O) groups excluding carboxylic acids is 2. The molecule has 0 aromatic heterocycles. The fourth-order valence-electron chi connectivity index (χ4n) is 1.97. The first-order valence-corrected chi connectivity index (χ1v) is 7.06. The third kappa shape index (κ3) is 5.88. The summed E-state index contributed by atoms with van der Waals surface area (Å²) in [4.78, 5) is 26.9. The van der Waals surface area contributed by atoms with Crippen molar-refractivity contribution >= 4 is 11.8 Å². The second-order valence-corrected chi connectivity index (χ2v) is 4.88. The van der Waals surface area contributed by atoms with Gasteiger partial charge in [-0.3, -0.25) is 19.4 Å². The molecule has 2 amide bonds. The number of carbonyl (C=O) groups is 2. The van der Waals surface area contributed by atoms with Gasteiger partial charge < -0.3 is 9.47 Å². The Kier molecular flexibility index (Phi) is 9.16. The fraction of sp³-hybridized carbons (Fsp3) is 0.857. The van der Waals surface area contributed by atoms with Crippen LogP contribution in [0.5, 0.6) is 0 Å². The summed E-state index contributed by atoms with van der Waals surface area (Å²) in [5.41, 5.74) is 0. The van der Waals surface area contributed by atoms with Crippen molar-refractivity contribution in [3.8, 4) is 0 Å². The molecule has 0 aliphatic heterocycles. The molecule has 20 heavy (non-hydrogen) atoms. The third-order valence-corrected chi connectivity index (χ3v) is 2.91. The minimum atomic E-state index is -0.372. The molecule has 0 aliphatic rings. The standard InChI is InChI=1S/C14H28N2O4/c1-7-19-9-15(12(5)17)14(11(3)4)16(13(6)18)10-20-8-2/h11,14H,7-10H2,1-6H3. The predicted molar refractivity (Wildman–Crippen MR) is 76.7 cm³/mol. The SMILES string of the molecule is CCOCN(C(C)=O)C(C(C)C)N(COCC)C(C)=O. The van der Waals surface area contributed by atoms with E-state index in [1.54, 1.807) is 9.80 Å². The average molecular weight is 288 g/mol. The van der Waals surface area contributed by atoms with Crippen molar-refractivity contribution in [2.75, 3.05) is 26.7 Å². The lowest BCUT2D eigenvalue weighted by Gasteiger charge is -2.40. The molecule has 0 unspecified atom stereocenters. The summed E-state index contributed by atoms with van der Waals surface area (Å²) < 4.78 is 10.7. The Morgan fingerprint density at radius 1 is 0.900 bits per heavy atom. The maximum atomic E-state index is 11.9. The summed E-state index contributed by atoms with van der Waals surface area (Å²) in [6, 6.07) is 0. The van der Waals surface area contributed by atoms with Crippen LogP contribution in [0.2, 0.25) is 0 Å². The Morgan fingerprint density at radius 3 is 1.45 bits per heavy atom. The first-order chi connectivity index (χ1) is 9.36. The number of amides is 2. The van der Waals surface area contributed by atoms with Crippen molar-refractivity contribution in [3.63, 3.8) is 0 Å². The molecule has 0 heterocycles. The van der Waals surface area contributed by atoms with Crippen molar-refractivity contribution in [1.29, 1.82) is 0 Å². The Morgan fingerprint density at radius 2 is 1.25 bits per heavy atom. The molecule has 0 spiro atoms. The van der Waals surface area contributed by atoms with Gasteiger partial charge in [0.05, 0.1) is 0 Å². The van der Waals surface area contributed by atoms with Crippen LogP contribution in [0.25, 0.3) is 0 Å². The zero-order valence-electron chi connectivity index (χ0n) is 13.5. The van der Waals surface area contributed by atoms with Crippen LogP contribution in [0.1, 0.15) is 41.5 Å². The van der Waals surface area contributed by atoms with Gasteiger partial charge >= 0.3 is 0 Å². The number of ether oxygens (including phenoxy) is 2. The quantitative estimate of drug-likeness (QED) is 0.605. The number of hydrogen-bond acceptors (Lipinski definition) is 4. The highest BCUT2D eigenvalue weighted by Crippen LogP contribution is 2.17. The van der Waals surface area contributed by atoms with Crippen LogP contribution in [0.15, 0.2) is 0 Å². The predicted octanol–water partition coefficient (Wildman–Crippen LogP) is 1.65. The molecule has 0 radical (unpaired) electrons. The molecular weight excluding hydrogens is 260 g/mol. The first-order valence-electron chi connectivity index (χ1n) is 7.06. The van der Waals surface area contributed by atoms with Gasteiger partial charge in [-0.2, -0.15) is 0 Å². The lowest BCUT2D eigenvalue weighted by atomic mass is 10.1. The van der Waals surface area contributed by atoms with E-state index in [9.17, 15) is 9.59 Å². The average Bonchev–Trinajstić information content (AvgIpc) is 2.35. The van der Waals surface area contributed by atoms with Gasteiger partial charge in [0, 0.05) is 27.1 Å². The van der Waals surface area contributed by atoms with Gasteiger partial charge in [0.1, 0.15) is 19.6 Å². The highest BCUT2D eigenvalue weighted by Gasteiger charge is 2.31. The lowest BCUT2D eigenvalue weighted by Crippen LogP contribution is -2.56. The maximum Gasteiger partial charge on any atom is 0.222 e. The Labute approximate surface area is 122 Å². The van der Waals surface area contributed by atoms with Crippen LogP contribution in [0.4, 0.5) is 0 Å². The van der Waals surface area contributed by atoms with E-state index in [2.05, 4.69) is 0 Å². The second-order valence-electron chi connectivity index (χ2n) is 4.88. The minimum Gasteiger partial charge on any atom is -0.361 e. The van der Waals surface area contributed by atoms with Crippen molar-refractivity contribution in [2.24, 2.45) is 5.92 Å². The molecule has 0 N–H and O–H groups in total. The van der Waals surface area contributed by atoms with Crippen LogP contribution < -0.4 is 0 Å². The molecule has 0 aliphatic carbocycles. The van der Waals surface area contributed by atoms with Gasteiger partial charge in [-0.15, -0.1) is 0 Å². The van der Waals surface area contributed by atoms with Gasteiger partial charge in [0.25, 0.3) is 0 Å². The van der Waals surface area contributed by atoms with Gasteiger partial charge in [-0.25, -0.2) is 0 Å². The van der Waals surface area contributed by atoms with Crippen LogP contribution >= 0.6 is 0 Å². The number of nitrogens with zero attached hydrogens (tertiary/aromatic N) is 2. The number of rotatable bonds is 9. The van der Waals surface area contributed by atoms with E-state index >= 15 is 0 Å². The fourth-order valence-corrected chi connectivity index (χ4v) is 1.97. The highest BCUT2D eigenvalue weighted by molar-refractivity contribution is 5.76. The Hall–Kier alpha value is -1.14. The van der Waals surface area contributed by atoms with Gasteiger partial charge in [0.15, 0.2) is 0 Å². The third-order valence-electron chi connectivity index (χ3n) is 2.91. The van der Waals surface area contributed by atoms with Crippen molar-refractivity contribution in [3.05, 3.63) is 0 Å². The smallest absolute Gasteiger partial charge is 0.222 e. The summed E-state index contributed by atoms with van der Waals surface area (Å²) in [6.07, 6.45) is -0.372.